The van der Waals surface area contributed by atoms with Crippen LogP contribution in [-0.2, 0) is 16.1 Å². The second kappa shape index (κ2) is 7.53. The molecule has 0 aliphatic carbocycles. The standard InChI is InChI=1S/C22H25FN2O3/c1-16-3-8-20(26)17(11-16)12-24-10-2-9-22(14-24)15-25(21(27)13-28-22)19-6-4-18(23)5-7-19/h3-8,11,26H,2,9-10,12-15H2,1H3. The molecular formula is C22H25FN2O3. The Labute approximate surface area is 164 Å². The van der Waals surface area contributed by atoms with Crippen molar-refractivity contribution in [1.82, 2.24) is 4.90 Å². The van der Waals surface area contributed by atoms with Crippen molar-refractivity contribution in [1.29, 1.82) is 0 Å². The third-order valence-electron chi connectivity index (χ3n) is 5.63. The molecule has 1 N–H and O–H groups in total. The zero-order chi connectivity index (χ0) is 19.7. The molecule has 6 heteroatoms. The number of hydrogen-bond acceptors (Lipinski definition) is 4. The van der Waals surface area contributed by atoms with Gasteiger partial charge in [0.05, 0.1) is 12.1 Å². The Morgan fingerprint density at radius 3 is 2.75 bits per heavy atom. The van der Waals surface area contributed by atoms with Gasteiger partial charge in [0.15, 0.2) is 0 Å². The maximum atomic E-state index is 13.3. The van der Waals surface area contributed by atoms with E-state index >= 15 is 0 Å². The molecule has 2 heterocycles. The molecule has 1 spiro atoms. The van der Waals surface area contributed by atoms with Crippen LogP contribution in [0.5, 0.6) is 5.75 Å². The SMILES string of the molecule is Cc1ccc(O)c(CN2CCCC3(C2)CN(c2ccc(F)cc2)C(=O)CO3)c1. The highest BCUT2D eigenvalue weighted by atomic mass is 19.1. The van der Waals surface area contributed by atoms with Crippen molar-refractivity contribution in [2.75, 3.05) is 31.1 Å². The number of piperidine rings is 1. The summed E-state index contributed by atoms with van der Waals surface area (Å²) < 4.78 is 19.3. The smallest absolute Gasteiger partial charge is 0.253 e. The number of rotatable bonds is 3. The zero-order valence-corrected chi connectivity index (χ0v) is 16.0. The number of phenols is 1. The number of hydrogen-bond donors (Lipinski definition) is 1. The van der Waals surface area contributed by atoms with Crippen LogP contribution in [0.1, 0.15) is 24.0 Å². The van der Waals surface area contributed by atoms with Gasteiger partial charge in [-0.05, 0) is 56.6 Å². The van der Waals surface area contributed by atoms with E-state index < -0.39 is 5.60 Å². The van der Waals surface area contributed by atoms with E-state index in [0.717, 1.165) is 30.5 Å². The van der Waals surface area contributed by atoms with Crippen molar-refractivity contribution in [2.45, 2.75) is 31.9 Å². The Bertz CT molecular complexity index is 871. The lowest BCUT2D eigenvalue weighted by Crippen LogP contribution is -2.61. The molecule has 2 aliphatic heterocycles. The predicted molar refractivity (Wildman–Crippen MR) is 105 cm³/mol. The summed E-state index contributed by atoms with van der Waals surface area (Å²) >= 11 is 0. The lowest BCUT2D eigenvalue weighted by atomic mass is 9.90. The van der Waals surface area contributed by atoms with Crippen LogP contribution < -0.4 is 4.90 Å². The van der Waals surface area contributed by atoms with Gasteiger partial charge in [-0.3, -0.25) is 9.69 Å². The first-order chi connectivity index (χ1) is 13.4. The highest BCUT2D eigenvalue weighted by Gasteiger charge is 2.43. The van der Waals surface area contributed by atoms with Crippen LogP contribution in [0.15, 0.2) is 42.5 Å². The number of phenolic OH excluding ortho intramolecular Hbond substituents is 1. The quantitative estimate of drug-likeness (QED) is 0.883. The molecule has 2 aromatic carbocycles. The second-order valence-electron chi connectivity index (χ2n) is 7.87. The van der Waals surface area contributed by atoms with Crippen molar-refractivity contribution < 1.29 is 19.0 Å². The van der Waals surface area contributed by atoms with E-state index in [9.17, 15) is 14.3 Å². The number of nitrogens with zero attached hydrogens (tertiary/aromatic N) is 2. The number of anilines is 1. The van der Waals surface area contributed by atoms with E-state index in [1.807, 2.05) is 19.1 Å². The number of aryl methyl sites for hydroxylation is 1. The minimum Gasteiger partial charge on any atom is -0.508 e. The number of ether oxygens (including phenoxy) is 1. The molecule has 1 atom stereocenters. The van der Waals surface area contributed by atoms with E-state index in [1.54, 1.807) is 23.1 Å². The molecule has 1 unspecified atom stereocenters. The van der Waals surface area contributed by atoms with Gasteiger partial charge in [-0.15, -0.1) is 0 Å². The number of amides is 1. The van der Waals surface area contributed by atoms with Crippen molar-refractivity contribution in [3.63, 3.8) is 0 Å². The van der Waals surface area contributed by atoms with Crippen molar-refractivity contribution in [2.24, 2.45) is 0 Å². The summed E-state index contributed by atoms with van der Waals surface area (Å²) in [5.74, 6) is -0.121. The maximum Gasteiger partial charge on any atom is 0.253 e. The molecule has 5 nitrogen and oxygen atoms in total. The number of carbonyl (C=O) groups excluding carboxylic acids is 1. The van der Waals surface area contributed by atoms with Gasteiger partial charge in [-0.25, -0.2) is 4.39 Å². The van der Waals surface area contributed by atoms with Crippen molar-refractivity contribution in [3.05, 3.63) is 59.4 Å². The number of benzene rings is 2. The van der Waals surface area contributed by atoms with E-state index in [-0.39, 0.29) is 18.3 Å². The van der Waals surface area contributed by atoms with Gasteiger partial charge < -0.3 is 14.7 Å². The summed E-state index contributed by atoms with van der Waals surface area (Å²) in [6.07, 6.45) is 1.83. The molecule has 1 amide bonds. The zero-order valence-electron chi connectivity index (χ0n) is 16.0. The van der Waals surface area contributed by atoms with Gasteiger partial charge in [0.1, 0.15) is 18.2 Å². The van der Waals surface area contributed by atoms with Gasteiger partial charge >= 0.3 is 0 Å². The fourth-order valence-electron chi connectivity index (χ4n) is 4.23. The monoisotopic (exact) mass is 384 g/mol. The second-order valence-corrected chi connectivity index (χ2v) is 7.87. The molecule has 2 saturated heterocycles. The van der Waals surface area contributed by atoms with Gasteiger partial charge in [0.25, 0.3) is 5.91 Å². The third kappa shape index (κ3) is 3.88. The first kappa shape index (κ1) is 18.9. The van der Waals surface area contributed by atoms with Crippen LogP contribution in [0, 0.1) is 12.7 Å². The lowest BCUT2D eigenvalue weighted by molar-refractivity contribution is -0.146. The normalized spacial score (nSPS) is 23.4. The predicted octanol–water partition coefficient (Wildman–Crippen LogP) is 3.24. The maximum absolute atomic E-state index is 13.3. The molecule has 2 aromatic rings. The summed E-state index contributed by atoms with van der Waals surface area (Å²) in [4.78, 5) is 16.4. The highest BCUT2D eigenvalue weighted by Crippen LogP contribution is 2.33. The van der Waals surface area contributed by atoms with Crippen LogP contribution in [0.2, 0.25) is 0 Å². The summed E-state index contributed by atoms with van der Waals surface area (Å²) in [7, 11) is 0. The summed E-state index contributed by atoms with van der Waals surface area (Å²) in [5, 5.41) is 10.2. The first-order valence-corrected chi connectivity index (χ1v) is 9.65. The molecule has 4 rings (SSSR count). The van der Waals surface area contributed by atoms with Crippen LogP contribution in [0.25, 0.3) is 0 Å². The van der Waals surface area contributed by atoms with Crippen molar-refractivity contribution >= 4 is 11.6 Å². The Morgan fingerprint density at radius 1 is 1.18 bits per heavy atom. The van der Waals surface area contributed by atoms with Crippen LogP contribution in [-0.4, -0.2) is 47.8 Å². The average Bonchev–Trinajstić information content (AvgIpc) is 2.68. The van der Waals surface area contributed by atoms with Gasteiger partial charge in [0.2, 0.25) is 0 Å². The third-order valence-corrected chi connectivity index (χ3v) is 5.63. The van der Waals surface area contributed by atoms with Gasteiger partial charge in [-0.1, -0.05) is 17.7 Å². The van der Waals surface area contributed by atoms with Gasteiger partial charge in [0, 0.05) is 24.3 Å². The minimum absolute atomic E-state index is 0.0287. The van der Waals surface area contributed by atoms with Gasteiger partial charge in [-0.2, -0.15) is 0 Å². The number of aromatic hydroxyl groups is 1. The van der Waals surface area contributed by atoms with E-state index in [2.05, 4.69) is 4.90 Å². The average molecular weight is 384 g/mol. The number of likely N-dealkylation sites (tertiary alicyclic amines) is 1. The van der Waals surface area contributed by atoms with E-state index in [0.29, 0.717) is 31.1 Å². The topological polar surface area (TPSA) is 53.0 Å². The molecule has 0 bridgehead atoms. The van der Waals surface area contributed by atoms with E-state index in [4.69, 9.17) is 4.74 Å². The van der Waals surface area contributed by atoms with Crippen LogP contribution >= 0.6 is 0 Å². The molecule has 2 fully saturated rings. The van der Waals surface area contributed by atoms with E-state index in [1.165, 1.54) is 12.1 Å². The summed E-state index contributed by atoms with van der Waals surface area (Å²) in [6.45, 7) is 4.74. The van der Waals surface area contributed by atoms with Crippen LogP contribution in [0.3, 0.4) is 0 Å². The minimum atomic E-state index is -0.444. The molecule has 0 aromatic heterocycles. The first-order valence-electron chi connectivity index (χ1n) is 9.65. The molecule has 28 heavy (non-hydrogen) atoms. The number of carbonyl (C=O) groups is 1. The molecule has 2 aliphatic rings. The molecule has 148 valence electrons. The largest absolute Gasteiger partial charge is 0.508 e. The fraction of sp³-hybridized carbons (Fsp3) is 0.409. The highest BCUT2D eigenvalue weighted by molar-refractivity contribution is 5.95. The number of morpholine rings is 1. The summed E-state index contributed by atoms with van der Waals surface area (Å²) in [6, 6.07) is 11.7. The molecular weight excluding hydrogens is 359 g/mol. The van der Waals surface area contributed by atoms with Crippen LogP contribution in [0.4, 0.5) is 10.1 Å². The van der Waals surface area contributed by atoms with Crippen molar-refractivity contribution in [3.8, 4) is 5.75 Å². The lowest BCUT2D eigenvalue weighted by Gasteiger charge is -2.47. The Balaban J connectivity index is 1.51. The molecule has 0 radical (unpaired) electrons. The Morgan fingerprint density at radius 2 is 1.96 bits per heavy atom. The Hall–Kier alpha value is -2.44. The molecule has 0 saturated carbocycles. The summed E-state index contributed by atoms with van der Waals surface area (Å²) in [5.41, 5.74) is 2.27. The number of halogens is 1. The fourth-order valence-corrected chi connectivity index (χ4v) is 4.23. The Kier molecular flexibility index (Phi) is 5.08.